The van der Waals surface area contributed by atoms with Gasteiger partial charge in [-0.25, -0.2) is 5.11 Å². The van der Waals surface area contributed by atoms with Crippen molar-refractivity contribution in [3.05, 3.63) is 0 Å². The first-order valence-corrected chi connectivity index (χ1v) is 10.0. The topological polar surface area (TPSA) is 19.9 Å². The van der Waals surface area contributed by atoms with Crippen molar-refractivity contribution < 1.29 is 141 Å². The third kappa shape index (κ3) is 4.99. The molecule has 0 saturated heterocycles. The molecule has 0 spiro atoms. The fraction of sp³-hybridized carbons (Fsp3) is 1.00. The van der Waals surface area contributed by atoms with Gasteiger partial charge in [-0.2, -0.15) is 136 Å². The van der Waals surface area contributed by atoms with Crippen molar-refractivity contribution in [3.63, 3.8) is 0 Å². The van der Waals surface area contributed by atoms with Crippen LogP contribution in [0.5, 0.6) is 0 Å². The molecule has 0 bridgehead atoms. The first-order chi connectivity index (χ1) is 20.1. The zero-order valence-electron chi connectivity index (χ0n) is 20.3. The van der Waals surface area contributed by atoms with Crippen molar-refractivity contribution in [1.82, 2.24) is 0 Å². The molecule has 1 radical (unpaired) electrons. The van der Waals surface area contributed by atoms with Crippen LogP contribution in [0.25, 0.3) is 0 Å². The lowest BCUT2D eigenvalue weighted by atomic mass is 9.83. The van der Waals surface area contributed by atoms with Crippen LogP contribution in [0.4, 0.5) is 136 Å². The number of rotatable bonds is 14. The fourth-order valence-corrected chi connectivity index (χ4v) is 2.67. The van der Waals surface area contributed by atoms with Crippen LogP contribution in [-0.2, 0) is 5.11 Å². The Balaban J connectivity index is 7.63. The summed E-state index contributed by atoms with van der Waals surface area (Å²) in [7, 11) is 0. The summed E-state index contributed by atoms with van der Waals surface area (Å²) in [6, 6.07) is 0. The summed E-state index contributed by atoms with van der Waals surface area (Å²) in [4.78, 5) is 0. The van der Waals surface area contributed by atoms with E-state index in [0.717, 1.165) is 0 Å². The number of halogens is 31. The first kappa shape index (κ1) is 45.8. The Labute approximate surface area is 238 Å². The van der Waals surface area contributed by atoms with E-state index in [1.54, 1.807) is 0 Å². The standard InChI is InChI=1S/C16H2F31O/c17-2(18,1-48)3(19,20)4(21,22)5(23,24)6(25,26)7(27,28)8(29,30)9(31,32)10(33,34)11(35,36)12(37,38)13(39,40)14(41,42)15(43,44)16(45,46)47/h1H2. The van der Waals surface area contributed by atoms with Gasteiger partial charge in [-0.1, -0.05) is 0 Å². The van der Waals surface area contributed by atoms with Gasteiger partial charge in [0.05, 0.1) is 0 Å². The van der Waals surface area contributed by atoms with Gasteiger partial charge in [-0.15, -0.1) is 0 Å². The molecule has 289 valence electrons. The average molecular weight is 799 g/mol. The second-order valence-electron chi connectivity index (χ2n) is 8.81. The summed E-state index contributed by atoms with van der Waals surface area (Å²) in [6.07, 6.45) is -8.35. The molecule has 48 heavy (non-hydrogen) atoms. The lowest BCUT2D eigenvalue weighted by Gasteiger charge is -2.46. The molecular weight excluding hydrogens is 797 g/mol. The third-order valence-electron chi connectivity index (χ3n) is 5.73. The minimum Gasteiger partial charge on any atom is -0.230 e. The molecule has 0 atom stereocenters. The van der Waals surface area contributed by atoms with E-state index >= 15 is 0 Å². The fourth-order valence-electron chi connectivity index (χ4n) is 2.67. The minimum absolute atomic E-state index is 4.14. The Bertz CT molecular complexity index is 1170. The molecule has 0 aromatic rings. The van der Waals surface area contributed by atoms with Crippen LogP contribution in [0.3, 0.4) is 0 Å². The molecular formula is C16H2F31O. The van der Waals surface area contributed by atoms with Gasteiger partial charge in [-0.3, -0.25) is 0 Å². The van der Waals surface area contributed by atoms with E-state index in [2.05, 4.69) is 0 Å². The van der Waals surface area contributed by atoms with Crippen molar-refractivity contribution >= 4 is 0 Å². The van der Waals surface area contributed by atoms with Crippen LogP contribution in [0.15, 0.2) is 0 Å². The van der Waals surface area contributed by atoms with Crippen LogP contribution in [0.2, 0.25) is 0 Å². The van der Waals surface area contributed by atoms with E-state index < -0.39 is 95.7 Å². The molecule has 0 saturated carbocycles. The van der Waals surface area contributed by atoms with Crippen LogP contribution >= 0.6 is 0 Å². The van der Waals surface area contributed by atoms with E-state index in [1.807, 2.05) is 0 Å². The van der Waals surface area contributed by atoms with Crippen molar-refractivity contribution in [3.8, 4) is 0 Å². The summed E-state index contributed by atoms with van der Waals surface area (Å²) in [6.45, 7) is -4.14. The highest BCUT2D eigenvalue weighted by Gasteiger charge is 3.01. The Morgan fingerprint density at radius 1 is 0.208 bits per heavy atom. The van der Waals surface area contributed by atoms with Gasteiger partial charge in [0.25, 0.3) is 0 Å². The molecule has 0 aromatic heterocycles. The predicted molar refractivity (Wildman–Crippen MR) is 80.9 cm³/mol. The molecule has 1 nitrogen and oxygen atoms in total. The Hall–Kier alpha value is -2.21. The van der Waals surface area contributed by atoms with Gasteiger partial charge in [-0.05, 0) is 0 Å². The van der Waals surface area contributed by atoms with Gasteiger partial charge in [0.2, 0.25) is 0 Å². The smallest absolute Gasteiger partial charge is 0.230 e. The molecule has 0 unspecified atom stereocenters. The quantitative estimate of drug-likeness (QED) is 0.156. The van der Waals surface area contributed by atoms with Gasteiger partial charge in [0, 0.05) is 0 Å². The van der Waals surface area contributed by atoms with E-state index in [1.165, 1.54) is 0 Å². The van der Waals surface area contributed by atoms with Gasteiger partial charge >= 0.3 is 89.1 Å². The maximum absolute atomic E-state index is 13.7. The van der Waals surface area contributed by atoms with Crippen LogP contribution in [0.1, 0.15) is 0 Å². The van der Waals surface area contributed by atoms with Crippen molar-refractivity contribution in [2.45, 2.75) is 89.1 Å². The predicted octanol–water partition coefficient (Wildman–Crippen LogP) is 9.87. The van der Waals surface area contributed by atoms with E-state index in [-0.39, 0.29) is 0 Å². The summed E-state index contributed by atoms with van der Waals surface area (Å²) < 4.78 is 410. The molecule has 0 rings (SSSR count). The molecule has 0 fully saturated rings. The van der Waals surface area contributed by atoms with E-state index in [0.29, 0.717) is 0 Å². The van der Waals surface area contributed by atoms with Crippen molar-refractivity contribution in [2.75, 3.05) is 6.61 Å². The normalized spacial score (nSPS) is 17.2. The molecule has 0 N–H and O–H groups in total. The molecule has 0 aromatic carbocycles. The summed E-state index contributed by atoms with van der Waals surface area (Å²) in [5.41, 5.74) is 0. The second kappa shape index (κ2) is 10.9. The number of alkyl halides is 31. The zero-order chi connectivity index (χ0) is 40.2. The maximum Gasteiger partial charge on any atom is 0.460 e. The minimum atomic E-state index is -10.1. The Morgan fingerprint density at radius 2 is 0.333 bits per heavy atom. The van der Waals surface area contributed by atoms with Crippen LogP contribution < -0.4 is 0 Å². The summed E-state index contributed by atoms with van der Waals surface area (Å²) in [5, 5.41) is 9.85. The molecule has 0 heterocycles. The highest BCUT2D eigenvalue weighted by molar-refractivity contribution is 5.21. The number of hydrogen-bond donors (Lipinski definition) is 0. The molecule has 32 heteroatoms. The monoisotopic (exact) mass is 799 g/mol. The lowest BCUT2D eigenvalue weighted by Crippen LogP contribution is -2.79. The SMILES string of the molecule is [O]CC(F)(F)C(F)(F)C(F)(F)C(F)(F)C(F)(F)C(F)(F)C(F)(F)C(F)(F)C(F)(F)C(F)(F)C(F)(F)C(F)(F)C(F)(F)C(F)(F)C(F)(F)F. The Morgan fingerprint density at radius 3 is 0.458 bits per heavy atom. The summed E-state index contributed by atoms with van der Waals surface area (Å²) >= 11 is 0. The van der Waals surface area contributed by atoms with Crippen LogP contribution in [0, 0.1) is 0 Å². The molecule has 0 aliphatic rings. The van der Waals surface area contributed by atoms with Gasteiger partial charge < -0.3 is 0 Å². The van der Waals surface area contributed by atoms with Gasteiger partial charge in [0.15, 0.2) is 6.61 Å². The largest absolute Gasteiger partial charge is 0.460 e. The highest BCUT2D eigenvalue weighted by Crippen LogP contribution is 2.69. The second-order valence-corrected chi connectivity index (χ2v) is 8.81. The zero-order valence-corrected chi connectivity index (χ0v) is 20.3. The molecule has 0 amide bonds. The molecule has 0 aliphatic carbocycles. The number of hydrogen-bond acceptors (Lipinski definition) is 0. The third-order valence-corrected chi connectivity index (χ3v) is 5.73. The lowest BCUT2D eigenvalue weighted by molar-refractivity contribution is -0.489. The first-order valence-electron chi connectivity index (χ1n) is 10.0. The van der Waals surface area contributed by atoms with Crippen LogP contribution in [-0.4, -0.2) is 95.7 Å². The Kier molecular flexibility index (Phi) is 10.4. The van der Waals surface area contributed by atoms with Crippen molar-refractivity contribution in [1.29, 1.82) is 0 Å². The van der Waals surface area contributed by atoms with Gasteiger partial charge in [0.1, 0.15) is 0 Å². The molecule has 0 aliphatic heterocycles. The maximum atomic E-state index is 13.7. The van der Waals surface area contributed by atoms with E-state index in [4.69, 9.17) is 0 Å². The van der Waals surface area contributed by atoms with Crippen molar-refractivity contribution in [2.24, 2.45) is 0 Å². The summed E-state index contributed by atoms with van der Waals surface area (Å²) in [5.74, 6) is -132. The average Bonchev–Trinajstić information content (AvgIpc) is 2.86. The highest BCUT2D eigenvalue weighted by atomic mass is 19.4. The van der Waals surface area contributed by atoms with E-state index in [9.17, 15) is 141 Å².